The zero-order chi connectivity index (χ0) is 22.3. The highest BCUT2D eigenvalue weighted by molar-refractivity contribution is 7.89. The van der Waals surface area contributed by atoms with Gasteiger partial charge >= 0.3 is 6.43 Å². The summed E-state index contributed by atoms with van der Waals surface area (Å²) in [4.78, 5) is 15.2. The van der Waals surface area contributed by atoms with E-state index in [9.17, 15) is 31.5 Å². The molecule has 1 amide bonds. The Kier molecular flexibility index (Phi) is 8.33. The van der Waals surface area contributed by atoms with E-state index in [0.717, 1.165) is 0 Å². The van der Waals surface area contributed by atoms with Crippen LogP contribution in [0.1, 0.15) is 24.3 Å². The molecule has 0 bridgehead atoms. The zero-order valence-electron chi connectivity index (χ0n) is 16.1. The second-order valence-corrected chi connectivity index (χ2v) is 8.50. The Morgan fingerprint density at radius 3 is 2.27 bits per heavy atom. The summed E-state index contributed by atoms with van der Waals surface area (Å²) in [5.74, 6) is -1.68. The van der Waals surface area contributed by atoms with Crippen molar-refractivity contribution in [2.24, 2.45) is 0 Å². The number of rotatable bonds is 10. The van der Waals surface area contributed by atoms with Gasteiger partial charge in [0.1, 0.15) is 12.8 Å². The first-order valence-electron chi connectivity index (χ1n) is 9.02. The normalized spacial score (nSPS) is 13.8. The highest BCUT2D eigenvalue weighted by Crippen LogP contribution is 2.23. The molecule has 2 rings (SSSR count). The lowest BCUT2D eigenvalue weighted by Gasteiger charge is -2.22. The molecule has 0 fully saturated rings. The van der Waals surface area contributed by atoms with Crippen molar-refractivity contribution in [2.75, 3.05) is 12.4 Å². The number of aliphatic hydroxyl groups excluding tert-OH is 1. The molecule has 11 heteroatoms. The first-order chi connectivity index (χ1) is 14.2. The van der Waals surface area contributed by atoms with E-state index in [1.54, 1.807) is 35.8 Å². The van der Waals surface area contributed by atoms with Crippen molar-refractivity contribution in [3.05, 3.63) is 53.9 Å². The molecule has 164 valence electrons. The average Bonchev–Trinajstić information content (AvgIpc) is 2.76. The van der Waals surface area contributed by atoms with Gasteiger partial charge in [-0.1, -0.05) is 30.3 Å². The molecule has 2 aromatic rings. The number of hydrogen-bond acceptors (Lipinski definition) is 5. The third-order valence-electron chi connectivity index (χ3n) is 4.34. The Balaban J connectivity index is 2.06. The Labute approximate surface area is 172 Å². The number of sulfonamides is 1. The van der Waals surface area contributed by atoms with Gasteiger partial charge in [0.2, 0.25) is 10.0 Å². The third-order valence-corrected chi connectivity index (χ3v) is 5.68. The van der Waals surface area contributed by atoms with Crippen LogP contribution in [0.2, 0.25) is 0 Å². The van der Waals surface area contributed by atoms with E-state index >= 15 is 0 Å². The summed E-state index contributed by atoms with van der Waals surface area (Å²) < 4.78 is 63.1. The van der Waals surface area contributed by atoms with E-state index in [4.69, 9.17) is 0 Å². The van der Waals surface area contributed by atoms with Crippen molar-refractivity contribution in [3.63, 3.8) is 0 Å². The lowest BCUT2D eigenvalue weighted by molar-refractivity contribution is -0.133. The highest BCUT2D eigenvalue weighted by Gasteiger charge is 2.26. The first kappa shape index (κ1) is 23.8. The number of pyridine rings is 1. The van der Waals surface area contributed by atoms with Crippen LogP contribution in [0, 0.1) is 0 Å². The van der Waals surface area contributed by atoms with Crippen molar-refractivity contribution in [1.29, 1.82) is 0 Å². The van der Waals surface area contributed by atoms with Crippen LogP contribution in [0.3, 0.4) is 0 Å². The van der Waals surface area contributed by atoms with Crippen LogP contribution in [-0.4, -0.2) is 49.3 Å². The van der Waals surface area contributed by atoms with Gasteiger partial charge in [0, 0.05) is 11.8 Å². The number of carbonyl (C=O) groups excluding carboxylic acids is 1. The molecular formula is C19H22F3N3O4S. The monoisotopic (exact) mass is 445 g/mol. The molecule has 0 aliphatic heterocycles. The summed E-state index contributed by atoms with van der Waals surface area (Å²) in [5, 5.41) is 12.0. The van der Waals surface area contributed by atoms with Gasteiger partial charge in [-0.15, -0.1) is 0 Å². The predicted molar refractivity (Wildman–Crippen MR) is 105 cm³/mol. The number of aliphatic hydroxyl groups is 1. The van der Waals surface area contributed by atoms with Gasteiger partial charge in [-0.25, -0.2) is 17.5 Å². The fourth-order valence-electron chi connectivity index (χ4n) is 2.54. The lowest BCUT2D eigenvalue weighted by atomic mass is 9.99. The molecule has 2 atom stereocenters. The minimum Gasteiger partial charge on any atom is -0.386 e. The van der Waals surface area contributed by atoms with Crippen molar-refractivity contribution >= 4 is 15.9 Å². The maximum absolute atomic E-state index is 13.1. The Morgan fingerprint density at radius 1 is 1.13 bits per heavy atom. The Morgan fingerprint density at radius 2 is 1.77 bits per heavy atom. The fraction of sp³-hybridized carbons (Fsp3) is 0.368. The number of amides is 1. The average molecular weight is 445 g/mol. The molecule has 1 aromatic heterocycles. The number of benzene rings is 1. The second-order valence-electron chi connectivity index (χ2n) is 6.40. The number of halogens is 3. The third kappa shape index (κ3) is 6.51. The molecule has 0 saturated heterocycles. The van der Waals surface area contributed by atoms with Crippen molar-refractivity contribution in [3.8, 4) is 11.1 Å². The molecule has 0 aliphatic rings. The quantitative estimate of drug-likeness (QED) is 0.518. The summed E-state index contributed by atoms with van der Waals surface area (Å²) in [5.41, 5.74) is 2.21. The molecule has 1 aromatic carbocycles. The second kappa shape index (κ2) is 10.5. The molecule has 0 aliphatic carbocycles. The number of hydrogen-bond donors (Lipinski definition) is 3. The van der Waals surface area contributed by atoms with Crippen molar-refractivity contribution < 1.29 is 31.5 Å². The van der Waals surface area contributed by atoms with E-state index in [2.05, 4.69) is 9.71 Å². The van der Waals surface area contributed by atoms with Crippen LogP contribution < -0.4 is 10.0 Å². The van der Waals surface area contributed by atoms with E-state index < -0.39 is 41.2 Å². The van der Waals surface area contributed by atoms with Gasteiger partial charge in [-0.2, -0.15) is 8.78 Å². The molecule has 0 saturated carbocycles. The van der Waals surface area contributed by atoms with Crippen molar-refractivity contribution in [2.45, 2.75) is 32.0 Å². The molecular weight excluding hydrogens is 423 g/mol. The Bertz CT molecular complexity index is 939. The van der Waals surface area contributed by atoms with Gasteiger partial charge in [-0.05, 0) is 24.1 Å². The molecule has 7 nitrogen and oxygen atoms in total. The highest BCUT2D eigenvalue weighted by atomic mass is 32.2. The van der Waals surface area contributed by atoms with Crippen LogP contribution >= 0.6 is 0 Å². The van der Waals surface area contributed by atoms with Gasteiger partial charge in [0.15, 0.2) is 0 Å². The van der Waals surface area contributed by atoms with E-state index in [1.807, 2.05) is 0 Å². The summed E-state index contributed by atoms with van der Waals surface area (Å²) in [6, 6.07) is 8.13. The van der Waals surface area contributed by atoms with E-state index in [1.165, 1.54) is 19.1 Å². The number of carbonyl (C=O) groups is 1. The fourth-order valence-corrected chi connectivity index (χ4v) is 3.11. The van der Waals surface area contributed by atoms with Crippen molar-refractivity contribution in [1.82, 2.24) is 15.0 Å². The molecule has 0 radical (unpaired) electrons. The summed E-state index contributed by atoms with van der Waals surface area (Å²) in [7, 11) is -3.32. The lowest BCUT2D eigenvalue weighted by Crippen LogP contribution is -2.43. The molecule has 0 unspecified atom stereocenters. The van der Waals surface area contributed by atoms with Crippen LogP contribution in [0.4, 0.5) is 13.2 Å². The maximum atomic E-state index is 13.1. The zero-order valence-corrected chi connectivity index (χ0v) is 16.9. The van der Waals surface area contributed by atoms with Gasteiger partial charge in [0.25, 0.3) is 5.91 Å². The standard InChI is InChI=1S/C19H22F3N3O4S/c1-2-30(28,29)24-11-15-8-7-14(10-23-15)12-3-5-13(6-4-12)17(26)16(9-20)25-19(27)18(21)22/h3-8,10,16-18,24,26H,2,9,11H2,1H3,(H,25,27)/t16-,17+/m1/s1. The minimum absolute atomic E-state index is 0.0294. The SMILES string of the molecule is CCS(=O)(=O)NCc1ccc(-c2ccc([C@H](O)[C@@H](CF)NC(=O)C(F)F)cc2)cn1. The van der Waals surface area contributed by atoms with E-state index in [-0.39, 0.29) is 17.9 Å². The number of nitrogens with zero attached hydrogens (tertiary/aromatic N) is 1. The maximum Gasteiger partial charge on any atom is 0.315 e. The largest absolute Gasteiger partial charge is 0.386 e. The number of aromatic nitrogens is 1. The predicted octanol–water partition coefficient (Wildman–Crippen LogP) is 1.94. The summed E-state index contributed by atoms with van der Waals surface area (Å²) >= 11 is 0. The Hall–Kier alpha value is -2.50. The van der Waals surface area contributed by atoms with Gasteiger partial charge in [-0.3, -0.25) is 9.78 Å². The van der Waals surface area contributed by atoms with Gasteiger partial charge < -0.3 is 10.4 Å². The van der Waals surface area contributed by atoms with E-state index in [0.29, 0.717) is 16.8 Å². The molecule has 3 N–H and O–H groups in total. The van der Waals surface area contributed by atoms with Crippen LogP contribution in [-0.2, 0) is 21.4 Å². The molecule has 0 spiro atoms. The first-order valence-corrected chi connectivity index (χ1v) is 10.7. The minimum atomic E-state index is -3.32. The number of alkyl halides is 3. The molecule has 1 heterocycles. The van der Waals surface area contributed by atoms with Crippen LogP contribution in [0.25, 0.3) is 11.1 Å². The van der Waals surface area contributed by atoms with Crippen LogP contribution in [0.5, 0.6) is 0 Å². The summed E-state index contributed by atoms with van der Waals surface area (Å²) in [6.45, 7) is 0.382. The van der Waals surface area contributed by atoms with Gasteiger partial charge in [0.05, 0.1) is 24.0 Å². The molecule has 30 heavy (non-hydrogen) atoms. The topological polar surface area (TPSA) is 108 Å². The summed E-state index contributed by atoms with van der Waals surface area (Å²) in [6.07, 6.45) is -3.26. The van der Waals surface area contributed by atoms with Crippen LogP contribution in [0.15, 0.2) is 42.6 Å². The number of nitrogens with one attached hydrogen (secondary N) is 2. The smallest absolute Gasteiger partial charge is 0.315 e.